The lowest BCUT2D eigenvalue weighted by Gasteiger charge is -2.09. The Balaban J connectivity index is 1.64. The zero-order chi connectivity index (χ0) is 14.5. The number of aliphatic carboxylic acids is 1. The van der Waals surface area contributed by atoms with Gasteiger partial charge in [-0.1, -0.05) is 0 Å². The van der Waals surface area contributed by atoms with Crippen molar-refractivity contribution in [1.29, 1.82) is 0 Å². The van der Waals surface area contributed by atoms with Crippen molar-refractivity contribution in [2.75, 3.05) is 13.2 Å². The molecule has 0 aliphatic heterocycles. The van der Waals surface area contributed by atoms with Crippen LogP contribution in [0, 0.1) is 29.6 Å². The summed E-state index contributed by atoms with van der Waals surface area (Å²) >= 11 is 0. The molecule has 6 heteroatoms. The van der Waals surface area contributed by atoms with Crippen molar-refractivity contribution in [1.82, 2.24) is 5.32 Å². The summed E-state index contributed by atoms with van der Waals surface area (Å²) in [5, 5.41) is 10.9. The van der Waals surface area contributed by atoms with Crippen molar-refractivity contribution in [3.05, 3.63) is 0 Å². The minimum absolute atomic E-state index is 0.125. The van der Waals surface area contributed by atoms with Crippen molar-refractivity contribution >= 4 is 12.1 Å². The van der Waals surface area contributed by atoms with Gasteiger partial charge in [-0.2, -0.15) is 0 Å². The summed E-state index contributed by atoms with van der Waals surface area (Å²) < 4.78 is 5.13. The maximum Gasteiger partial charge on any atom is 0.407 e. The molecule has 0 bridgehead atoms. The Morgan fingerprint density at radius 2 is 1.90 bits per heavy atom. The SMILES string of the molecule is NC(CNC(=O)OCC1[C@H]2CCC#CCC[C@@H]12)C(=O)O. The summed E-state index contributed by atoms with van der Waals surface area (Å²) in [4.78, 5) is 21.9. The Kier molecular flexibility index (Phi) is 4.85. The van der Waals surface area contributed by atoms with E-state index in [4.69, 9.17) is 15.6 Å². The van der Waals surface area contributed by atoms with Crippen molar-refractivity contribution in [2.45, 2.75) is 31.7 Å². The van der Waals surface area contributed by atoms with Gasteiger partial charge in [0.2, 0.25) is 0 Å². The molecule has 0 aromatic carbocycles. The van der Waals surface area contributed by atoms with E-state index in [0.29, 0.717) is 24.4 Å². The Bertz CT molecular complexity index is 422. The van der Waals surface area contributed by atoms with Crippen LogP contribution >= 0.6 is 0 Å². The van der Waals surface area contributed by atoms with Gasteiger partial charge in [-0.15, -0.1) is 11.8 Å². The summed E-state index contributed by atoms with van der Waals surface area (Å²) in [5.74, 6) is 6.79. The molecule has 1 amide bonds. The number of carboxylic acids is 1. The van der Waals surface area contributed by atoms with Gasteiger partial charge in [0.25, 0.3) is 0 Å². The molecule has 2 aliphatic rings. The quantitative estimate of drug-likeness (QED) is 0.639. The second-order valence-electron chi connectivity index (χ2n) is 5.35. The first-order valence-corrected chi connectivity index (χ1v) is 6.94. The molecule has 110 valence electrons. The van der Waals surface area contributed by atoms with Gasteiger partial charge in [0.05, 0.1) is 6.61 Å². The normalized spacial score (nSPS) is 28.8. The van der Waals surface area contributed by atoms with Crippen LogP contribution in [0.1, 0.15) is 25.7 Å². The molecule has 20 heavy (non-hydrogen) atoms. The second kappa shape index (κ2) is 6.62. The highest BCUT2D eigenvalue weighted by Gasteiger charge is 2.49. The first-order valence-electron chi connectivity index (χ1n) is 6.94. The average Bonchev–Trinajstić information content (AvgIpc) is 3.03. The van der Waals surface area contributed by atoms with Gasteiger partial charge in [0.1, 0.15) is 6.04 Å². The minimum atomic E-state index is -1.15. The van der Waals surface area contributed by atoms with Crippen LogP contribution in [-0.2, 0) is 9.53 Å². The number of carboxylic acid groups (broad SMARTS) is 1. The molecule has 2 unspecified atom stereocenters. The molecule has 6 nitrogen and oxygen atoms in total. The summed E-state index contributed by atoms with van der Waals surface area (Å²) in [7, 11) is 0. The molecular weight excluding hydrogens is 260 g/mol. The van der Waals surface area contributed by atoms with Crippen molar-refractivity contribution in [2.24, 2.45) is 23.5 Å². The first-order chi connectivity index (χ1) is 9.59. The number of hydrogen-bond acceptors (Lipinski definition) is 4. The average molecular weight is 280 g/mol. The third-order valence-electron chi connectivity index (χ3n) is 4.03. The highest BCUT2D eigenvalue weighted by Crippen LogP contribution is 2.52. The third-order valence-corrected chi connectivity index (χ3v) is 4.03. The van der Waals surface area contributed by atoms with E-state index in [9.17, 15) is 9.59 Å². The predicted octanol–water partition coefficient (Wildman–Crippen LogP) is 0.564. The van der Waals surface area contributed by atoms with Gasteiger partial charge >= 0.3 is 12.1 Å². The van der Waals surface area contributed by atoms with Crippen LogP contribution in [0.3, 0.4) is 0 Å². The highest BCUT2D eigenvalue weighted by atomic mass is 16.5. The van der Waals surface area contributed by atoms with Crippen molar-refractivity contribution < 1.29 is 19.4 Å². The van der Waals surface area contributed by atoms with E-state index in [-0.39, 0.29) is 6.54 Å². The number of nitrogens with one attached hydrogen (secondary N) is 1. The summed E-state index contributed by atoms with van der Waals surface area (Å²) in [6.45, 7) is 0.267. The molecule has 0 aromatic rings. The van der Waals surface area contributed by atoms with Crippen LogP contribution in [0.2, 0.25) is 0 Å². The molecule has 4 atom stereocenters. The van der Waals surface area contributed by atoms with Crippen LogP contribution in [0.25, 0.3) is 0 Å². The number of alkyl carbamates (subject to hydrolysis) is 1. The molecular formula is C14H20N2O4. The lowest BCUT2D eigenvalue weighted by Crippen LogP contribution is -2.42. The van der Waals surface area contributed by atoms with E-state index < -0.39 is 18.1 Å². The Hall–Kier alpha value is -1.74. The Morgan fingerprint density at radius 3 is 2.45 bits per heavy atom. The molecule has 1 saturated carbocycles. The molecule has 4 N–H and O–H groups in total. The lowest BCUT2D eigenvalue weighted by atomic mass is 10.1. The molecule has 0 heterocycles. The lowest BCUT2D eigenvalue weighted by molar-refractivity contribution is -0.138. The van der Waals surface area contributed by atoms with Gasteiger partial charge in [-0.05, 0) is 30.6 Å². The topological polar surface area (TPSA) is 102 Å². The summed E-state index contributed by atoms with van der Waals surface area (Å²) in [6.07, 6.45) is 3.42. The smallest absolute Gasteiger partial charge is 0.407 e. The highest BCUT2D eigenvalue weighted by molar-refractivity contribution is 5.75. The van der Waals surface area contributed by atoms with Gasteiger partial charge in [0.15, 0.2) is 0 Å². The number of ether oxygens (including phenoxy) is 1. The molecule has 0 spiro atoms. The Morgan fingerprint density at radius 1 is 1.30 bits per heavy atom. The van der Waals surface area contributed by atoms with Gasteiger partial charge < -0.3 is 20.9 Å². The van der Waals surface area contributed by atoms with Crippen molar-refractivity contribution in [3.8, 4) is 11.8 Å². The fraction of sp³-hybridized carbons (Fsp3) is 0.714. The maximum absolute atomic E-state index is 11.4. The molecule has 1 fully saturated rings. The number of fused-ring (bicyclic) bond motifs is 1. The summed E-state index contributed by atoms with van der Waals surface area (Å²) in [6, 6.07) is -1.10. The molecule has 2 aliphatic carbocycles. The fourth-order valence-corrected chi connectivity index (χ4v) is 2.79. The number of rotatable bonds is 5. The van der Waals surface area contributed by atoms with Crippen molar-refractivity contribution in [3.63, 3.8) is 0 Å². The van der Waals surface area contributed by atoms with Crippen LogP contribution in [-0.4, -0.2) is 36.4 Å². The number of carbonyl (C=O) groups excluding carboxylic acids is 1. The standard InChI is InChI=1S/C14H20N2O4/c15-12(13(17)18)7-16-14(19)20-8-11-9-5-3-1-2-4-6-10(9)11/h9-12H,3-8,15H2,(H,16,19)(H,17,18)/t9-,10+,11?,12?. The number of hydrogen-bond donors (Lipinski definition) is 3. The van der Waals surface area contributed by atoms with Crippen LogP contribution < -0.4 is 11.1 Å². The first kappa shape index (κ1) is 14.7. The van der Waals surface area contributed by atoms with Gasteiger partial charge in [-0.3, -0.25) is 4.79 Å². The van der Waals surface area contributed by atoms with E-state index in [1.165, 1.54) is 0 Å². The molecule has 0 radical (unpaired) electrons. The number of amides is 1. The van der Waals surface area contributed by atoms with E-state index >= 15 is 0 Å². The number of nitrogens with two attached hydrogens (primary N) is 1. The van der Waals surface area contributed by atoms with Crippen LogP contribution in [0.4, 0.5) is 4.79 Å². The van der Waals surface area contributed by atoms with E-state index in [2.05, 4.69) is 17.2 Å². The third kappa shape index (κ3) is 3.87. The number of carbonyl (C=O) groups is 2. The molecule has 0 aromatic heterocycles. The maximum atomic E-state index is 11.4. The summed E-state index contributed by atoms with van der Waals surface area (Å²) in [5.41, 5.74) is 5.28. The molecule has 0 saturated heterocycles. The van der Waals surface area contributed by atoms with Crippen LogP contribution in [0.5, 0.6) is 0 Å². The monoisotopic (exact) mass is 280 g/mol. The minimum Gasteiger partial charge on any atom is -0.480 e. The fourth-order valence-electron chi connectivity index (χ4n) is 2.79. The second-order valence-corrected chi connectivity index (χ2v) is 5.35. The Labute approximate surface area is 118 Å². The van der Waals surface area contributed by atoms with Gasteiger partial charge in [0, 0.05) is 19.4 Å². The molecule has 2 rings (SSSR count). The zero-order valence-corrected chi connectivity index (χ0v) is 11.3. The van der Waals surface area contributed by atoms with E-state index in [1.54, 1.807) is 0 Å². The van der Waals surface area contributed by atoms with Gasteiger partial charge in [-0.25, -0.2) is 4.79 Å². The zero-order valence-electron chi connectivity index (χ0n) is 11.3. The predicted molar refractivity (Wildman–Crippen MR) is 71.7 cm³/mol. The van der Waals surface area contributed by atoms with Crippen LogP contribution in [0.15, 0.2) is 0 Å². The largest absolute Gasteiger partial charge is 0.480 e. The van der Waals surface area contributed by atoms with E-state index in [0.717, 1.165) is 25.7 Å². The van der Waals surface area contributed by atoms with E-state index in [1.807, 2.05) is 0 Å².